The minimum absolute atomic E-state index is 0.0339. The van der Waals surface area contributed by atoms with Gasteiger partial charge in [-0.3, -0.25) is 9.36 Å². The van der Waals surface area contributed by atoms with Crippen molar-refractivity contribution >= 4 is 22.8 Å². The smallest absolute Gasteiger partial charge is 0.283 e. The van der Waals surface area contributed by atoms with E-state index in [-0.39, 0.29) is 12.1 Å². The molecule has 2 aromatic carbocycles. The highest BCUT2D eigenvalue weighted by atomic mass is 35.5. The van der Waals surface area contributed by atoms with Crippen LogP contribution in [-0.4, -0.2) is 24.5 Å². The molecule has 9 heteroatoms. The maximum Gasteiger partial charge on any atom is 0.283 e. The molecule has 0 aliphatic carbocycles. The minimum atomic E-state index is -0.710. The Bertz CT molecular complexity index is 1180. The van der Waals surface area contributed by atoms with Crippen LogP contribution in [0.4, 0.5) is 8.78 Å². The van der Waals surface area contributed by atoms with Crippen molar-refractivity contribution in [1.82, 2.24) is 24.5 Å². The molecule has 0 atom stereocenters. The molecule has 0 N–H and O–H groups in total. The summed E-state index contributed by atoms with van der Waals surface area (Å²) in [6, 6.07) is 10.4. The van der Waals surface area contributed by atoms with Crippen LogP contribution >= 0.6 is 11.6 Å². The zero-order chi connectivity index (χ0) is 19.0. The van der Waals surface area contributed by atoms with E-state index < -0.39 is 17.2 Å². The van der Waals surface area contributed by atoms with Crippen LogP contribution in [0.5, 0.6) is 0 Å². The van der Waals surface area contributed by atoms with E-state index in [1.165, 1.54) is 15.6 Å². The molecule has 4 rings (SSSR count). The molecule has 0 fully saturated rings. The fourth-order valence-electron chi connectivity index (χ4n) is 2.79. The monoisotopic (exact) mass is 387 g/mol. The standard InChI is InChI=1S/C18H12ClF2N5O/c19-15-4-2-1-3-12(15)9-26-17-16(23-24-26)18(27)25(10-22-17)8-11-5-13(20)7-14(21)6-11/h1-7,10H,8-9H2. The fraction of sp³-hybridized carbons (Fsp3) is 0.111. The molecule has 2 aromatic heterocycles. The van der Waals surface area contributed by atoms with Gasteiger partial charge in [0.1, 0.15) is 18.0 Å². The molecule has 4 aromatic rings. The third-order valence-electron chi connectivity index (χ3n) is 4.05. The van der Waals surface area contributed by atoms with Crippen LogP contribution in [0, 0.1) is 11.6 Å². The number of nitrogens with zero attached hydrogens (tertiary/aromatic N) is 5. The summed E-state index contributed by atoms with van der Waals surface area (Å²) in [5.74, 6) is -1.42. The van der Waals surface area contributed by atoms with Crippen molar-refractivity contribution in [3.8, 4) is 0 Å². The SMILES string of the molecule is O=c1c2nnn(Cc3ccccc3Cl)c2ncn1Cc1cc(F)cc(F)c1. The van der Waals surface area contributed by atoms with E-state index in [4.69, 9.17) is 11.6 Å². The van der Waals surface area contributed by atoms with E-state index >= 15 is 0 Å². The Hall–Kier alpha value is -3.13. The molecule has 0 aliphatic rings. The quantitative estimate of drug-likeness (QED) is 0.540. The molecule has 0 saturated carbocycles. The van der Waals surface area contributed by atoms with E-state index in [0.29, 0.717) is 22.8 Å². The van der Waals surface area contributed by atoms with Crippen molar-refractivity contribution in [2.75, 3.05) is 0 Å². The summed E-state index contributed by atoms with van der Waals surface area (Å²) in [5, 5.41) is 8.46. The van der Waals surface area contributed by atoms with Crippen molar-refractivity contribution in [2.45, 2.75) is 13.1 Å². The number of hydrogen-bond donors (Lipinski definition) is 0. The van der Waals surface area contributed by atoms with Crippen LogP contribution in [0.25, 0.3) is 11.2 Å². The average molecular weight is 388 g/mol. The van der Waals surface area contributed by atoms with Gasteiger partial charge in [-0.05, 0) is 29.3 Å². The Kier molecular flexibility index (Phi) is 4.41. The summed E-state index contributed by atoms with van der Waals surface area (Å²) in [6.07, 6.45) is 1.31. The Morgan fingerprint density at radius 3 is 2.52 bits per heavy atom. The number of fused-ring (bicyclic) bond motifs is 1. The van der Waals surface area contributed by atoms with E-state index in [2.05, 4.69) is 15.3 Å². The maximum atomic E-state index is 13.3. The highest BCUT2D eigenvalue weighted by Gasteiger charge is 2.14. The molecule has 0 saturated heterocycles. The van der Waals surface area contributed by atoms with Crippen LogP contribution in [0.3, 0.4) is 0 Å². The van der Waals surface area contributed by atoms with Crippen LogP contribution in [0.15, 0.2) is 53.6 Å². The molecular weight excluding hydrogens is 376 g/mol. The van der Waals surface area contributed by atoms with Gasteiger partial charge in [0.2, 0.25) is 0 Å². The number of benzene rings is 2. The summed E-state index contributed by atoms with van der Waals surface area (Å²) in [5.41, 5.74) is 1.05. The molecule has 0 spiro atoms. The molecule has 27 heavy (non-hydrogen) atoms. The molecule has 2 heterocycles. The van der Waals surface area contributed by atoms with Gasteiger partial charge in [0.25, 0.3) is 5.56 Å². The molecule has 0 bridgehead atoms. The van der Waals surface area contributed by atoms with Gasteiger partial charge in [-0.1, -0.05) is 35.0 Å². The highest BCUT2D eigenvalue weighted by Crippen LogP contribution is 2.17. The zero-order valence-electron chi connectivity index (χ0n) is 13.8. The Morgan fingerprint density at radius 1 is 1.04 bits per heavy atom. The van der Waals surface area contributed by atoms with Gasteiger partial charge in [-0.25, -0.2) is 18.4 Å². The van der Waals surface area contributed by atoms with E-state index in [9.17, 15) is 13.6 Å². The molecular formula is C18H12ClF2N5O. The summed E-state index contributed by atoms with van der Waals surface area (Å²) in [7, 11) is 0. The van der Waals surface area contributed by atoms with Gasteiger partial charge >= 0.3 is 0 Å². The first-order valence-corrected chi connectivity index (χ1v) is 8.36. The molecule has 0 aliphatic heterocycles. The molecule has 0 radical (unpaired) electrons. The second kappa shape index (κ2) is 6.88. The van der Waals surface area contributed by atoms with E-state index in [1.54, 1.807) is 6.07 Å². The summed E-state index contributed by atoms with van der Waals surface area (Å²) >= 11 is 6.16. The second-order valence-electron chi connectivity index (χ2n) is 5.97. The lowest BCUT2D eigenvalue weighted by Crippen LogP contribution is -2.21. The summed E-state index contributed by atoms with van der Waals surface area (Å²) < 4.78 is 29.4. The predicted octanol–water partition coefficient (Wildman–Crippen LogP) is 3.02. The first-order chi connectivity index (χ1) is 13.0. The Balaban J connectivity index is 1.69. The fourth-order valence-corrected chi connectivity index (χ4v) is 2.99. The van der Waals surface area contributed by atoms with Crippen molar-refractivity contribution in [3.63, 3.8) is 0 Å². The maximum absolute atomic E-state index is 13.3. The van der Waals surface area contributed by atoms with Crippen LogP contribution < -0.4 is 5.56 Å². The number of aromatic nitrogens is 5. The number of halogens is 3. The number of hydrogen-bond acceptors (Lipinski definition) is 4. The van der Waals surface area contributed by atoms with Gasteiger partial charge in [0.15, 0.2) is 11.2 Å². The van der Waals surface area contributed by atoms with Gasteiger partial charge in [-0.15, -0.1) is 5.10 Å². The first-order valence-electron chi connectivity index (χ1n) is 7.98. The normalized spacial score (nSPS) is 11.2. The number of rotatable bonds is 4. The predicted molar refractivity (Wildman–Crippen MR) is 95.6 cm³/mol. The van der Waals surface area contributed by atoms with Crippen molar-refractivity contribution in [1.29, 1.82) is 0 Å². The van der Waals surface area contributed by atoms with Gasteiger partial charge in [0.05, 0.1) is 13.1 Å². The lowest BCUT2D eigenvalue weighted by Gasteiger charge is -2.07. The average Bonchev–Trinajstić information content (AvgIpc) is 3.02. The van der Waals surface area contributed by atoms with Crippen molar-refractivity contribution < 1.29 is 8.78 Å². The Morgan fingerprint density at radius 2 is 1.78 bits per heavy atom. The Labute approximate surface area is 156 Å². The van der Waals surface area contributed by atoms with Crippen LogP contribution in [-0.2, 0) is 13.1 Å². The lowest BCUT2D eigenvalue weighted by atomic mass is 10.2. The van der Waals surface area contributed by atoms with Crippen molar-refractivity contribution in [3.05, 3.63) is 86.9 Å². The largest absolute Gasteiger partial charge is 0.293 e. The topological polar surface area (TPSA) is 65.6 Å². The van der Waals surface area contributed by atoms with Crippen LogP contribution in [0.2, 0.25) is 5.02 Å². The second-order valence-corrected chi connectivity index (χ2v) is 6.37. The highest BCUT2D eigenvalue weighted by molar-refractivity contribution is 6.31. The summed E-state index contributed by atoms with van der Waals surface area (Å²) in [6.45, 7) is 0.273. The van der Waals surface area contributed by atoms with Gasteiger partial charge in [0, 0.05) is 11.1 Å². The van der Waals surface area contributed by atoms with Gasteiger partial charge < -0.3 is 0 Å². The van der Waals surface area contributed by atoms with Gasteiger partial charge in [-0.2, -0.15) is 0 Å². The van der Waals surface area contributed by atoms with E-state index in [0.717, 1.165) is 23.8 Å². The third-order valence-corrected chi connectivity index (χ3v) is 4.41. The van der Waals surface area contributed by atoms with Crippen LogP contribution in [0.1, 0.15) is 11.1 Å². The first kappa shape index (κ1) is 17.3. The summed E-state index contributed by atoms with van der Waals surface area (Å²) in [4.78, 5) is 16.9. The molecule has 0 amide bonds. The molecule has 6 nitrogen and oxygen atoms in total. The third kappa shape index (κ3) is 3.43. The lowest BCUT2D eigenvalue weighted by molar-refractivity contribution is 0.576. The van der Waals surface area contributed by atoms with E-state index in [1.807, 2.05) is 18.2 Å². The molecule has 0 unspecified atom stereocenters. The van der Waals surface area contributed by atoms with Crippen molar-refractivity contribution in [2.24, 2.45) is 0 Å². The minimum Gasteiger partial charge on any atom is -0.293 e. The zero-order valence-corrected chi connectivity index (χ0v) is 14.6. The molecule has 136 valence electrons.